The van der Waals surface area contributed by atoms with Gasteiger partial charge in [-0.25, -0.2) is 17.5 Å². The molecule has 0 saturated heterocycles. The lowest BCUT2D eigenvalue weighted by Gasteiger charge is -2.14. The molecule has 0 unspecified atom stereocenters. The minimum Gasteiger partial charge on any atom is -0.296 e. The van der Waals surface area contributed by atoms with E-state index in [4.69, 9.17) is 11.6 Å². The van der Waals surface area contributed by atoms with Crippen LogP contribution < -0.4 is 4.72 Å². The Morgan fingerprint density at radius 1 is 1.30 bits per heavy atom. The highest BCUT2D eigenvalue weighted by atomic mass is 35.5. The molecule has 7 heteroatoms. The van der Waals surface area contributed by atoms with Crippen molar-refractivity contribution in [2.45, 2.75) is 11.3 Å². The van der Waals surface area contributed by atoms with Crippen molar-refractivity contribution < 1.29 is 12.8 Å². The SMILES string of the molecule is O=S(=O)(NCCCN1CC=CC1)c1c(F)cccc1Cl. The van der Waals surface area contributed by atoms with Gasteiger partial charge >= 0.3 is 0 Å². The van der Waals surface area contributed by atoms with Gasteiger partial charge in [-0.05, 0) is 18.6 Å². The fraction of sp³-hybridized carbons (Fsp3) is 0.385. The Kier molecular flexibility index (Phi) is 5.15. The van der Waals surface area contributed by atoms with Crippen LogP contribution in [0.5, 0.6) is 0 Å². The van der Waals surface area contributed by atoms with Crippen molar-refractivity contribution in [1.82, 2.24) is 9.62 Å². The molecule has 1 aromatic rings. The van der Waals surface area contributed by atoms with Gasteiger partial charge in [-0.1, -0.05) is 29.8 Å². The van der Waals surface area contributed by atoms with Gasteiger partial charge in [0.15, 0.2) is 0 Å². The summed E-state index contributed by atoms with van der Waals surface area (Å²) in [6.45, 7) is 2.84. The highest BCUT2D eigenvalue weighted by Crippen LogP contribution is 2.23. The molecule has 0 bridgehead atoms. The summed E-state index contributed by atoms with van der Waals surface area (Å²) in [5.74, 6) is -0.839. The Morgan fingerprint density at radius 3 is 2.65 bits per heavy atom. The zero-order valence-corrected chi connectivity index (χ0v) is 12.4. The third-order valence-corrected chi connectivity index (χ3v) is 4.99. The number of nitrogens with one attached hydrogen (secondary N) is 1. The summed E-state index contributed by atoms with van der Waals surface area (Å²) in [5.41, 5.74) is 0. The van der Waals surface area contributed by atoms with E-state index in [0.29, 0.717) is 6.42 Å². The molecule has 0 atom stereocenters. The van der Waals surface area contributed by atoms with E-state index in [9.17, 15) is 12.8 Å². The molecular weight excluding hydrogens is 303 g/mol. The van der Waals surface area contributed by atoms with Gasteiger partial charge in [0.25, 0.3) is 0 Å². The monoisotopic (exact) mass is 318 g/mol. The molecule has 0 spiro atoms. The Labute approximate surface area is 123 Å². The standard InChI is InChI=1S/C13H16ClFN2O2S/c14-11-5-3-6-12(15)13(11)20(18,19)16-7-4-10-17-8-1-2-9-17/h1-3,5-6,16H,4,7-10H2. The van der Waals surface area contributed by atoms with Crippen LogP contribution in [0.15, 0.2) is 35.2 Å². The predicted octanol–water partition coefficient (Wildman–Crippen LogP) is 2.02. The fourth-order valence-electron chi connectivity index (χ4n) is 2.02. The molecule has 1 aromatic carbocycles. The third-order valence-electron chi connectivity index (χ3n) is 3.02. The van der Waals surface area contributed by atoms with Crippen LogP contribution in [0.2, 0.25) is 5.02 Å². The lowest BCUT2D eigenvalue weighted by Crippen LogP contribution is -2.29. The van der Waals surface area contributed by atoms with Crippen LogP contribution >= 0.6 is 11.6 Å². The molecule has 0 fully saturated rings. The topological polar surface area (TPSA) is 49.4 Å². The van der Waals surface area contributed by atoms with Crippen molar-refractivity contribution in [3.8, 4) is 0 Å². The normalized spacial score (nSPS) is 15.9. The average molecular weight is 319 g/mol. The first-order valence-electron chi connectivity index (χ1n) is 6.32. The molecule has 1 N–H and O–H groups in total. The van der Waals surface area contributed by atoms with Crippen LogP contribution in [0.25, 0.3) is 0 Å². The average Bonchev–Trinajstić information content (AvgIpc) is 2.87. The number of hydrogen-bond donors (Lipinski definition) is 1. The molecule has 4 nitrogen and oxygen atoms in total. The molecule has 1 aliphatic heterocycles. The number of sulfonamides is 1. The van der Waals surface area contributed by atoms with Gasteiger partial charge < -0.3 is 0 Å². The Balaban J connectivity index is 1.90. The largest absolute Gasteiger partial charge is 0.296 e. The molecule has 110 valence electrons. The van der Waals surface area contributed by atoms with Crippen molar-refractivity contribution in [3.05, 3.63) is 41.2 Å². The fourth-order valence-corrected chi connectivity index (χ4v) is 3.70. The highest BCUT2D eigenvalue weighted by Gasteiger charge is 2.22. The second kappa shape index (κ2) is 6.67. The molecule has 1 aliphatic rings. The van der Waals surface area contributed by atoms with Gasteiger partial charge in [0.1, 0.15) is 10.7 Å². The first-order valence-corrected chi connectivity index (χ1v) is 8.18. The van der Waals surface area contributed by atoms with Crippen molar-refractivity contribution in [3.63, 3.8) is 0 Å². The molecule has 1 heterocycles. The molecule has 0 aromatic heterocycles. The maximum Gasteiger partial charge on any atom is 0.244 e. The van der Waals surface area contributed by atoms with Gasteiger partial charge in [0.2, 0.25) is 10.0 Å². The minimum absolute atomic E-state index is 0.110. The summed E-state index contributed by atoms with van der Waals surface area (Å²) >= 11 is 5.75. The molecule has 2 rings (SSSR count). The highest BCUT2D eigenvalue weighted by molar-refractivity contribution is 7.89. The van der Waals surface area contributed by atoms with Crippen LogP contribution in [0.1, 0.15) is 6.42 Å². The van der Waals surface area contributed by atoms with Gasteiger partial charge in [-0.3, -0.25) is 4.90 Å². The van der Waals surface area contributed by atoms with E-state index in [1.807, 2.05) is 0 Å². The Bertz CT molecular complexity index is 576. The lowest BCUT2D eigenvalue weighted by atomic mass is 10.3. The number of hydrogen-bond acceptors (Lipinski definition) is 3. The lowest BCUT2D eigenvalue weighted by molar-refractivity contribution is 0.347. The van der Waals surface area contributed by atoms with Crippen molar-refractivity contribution >= 4 is 21.6 Å². The zero-order valence-electron chi connectivity index (χ0n) is 10.9. The number of rotatable bonds is 6. The summed E-state index contributed by atoms with van der Waals surface area (Å²) in [5, 5.41) is -0.110. The minimum atomic E-state index is -3.91. The molecule has 0 aliphatic carbocycles. The number of nitrogens with zero attached hydrogens (tertiary/aromatic N) is 1. The number of benzene rings is 1. The maximum absolute atomic E-state index is 13.6. The first-order chi connectivity index (χ1) is 9.50. The van der Waals surface area contributed by atoms with Crippen molar-refractivity contribution in [1.29, 1.82) is 0 Å². The van der Waals surface area contributed by atoms with E-state index >= 15 is 0 Å². The molecule has 0 saturated carbocycles. The van der Waals surface area contributed by atoms with E-state index in [-0.39, 0.29) is 11.6 Å². The quantitative estimate of drug-likeness (QED) is 0.645. The summed E-state index contributed by atoms with van der Waals surface area (Å²) in [7, 11) is -3.91. The molecular formula is C13H16ClFN2O2S. The van der Waals surface area contributed by atoms with E-state index in [0.717, 1.165) is 25.7 Å². The summed E-state index contributed by atoms with van der Waals surface area (Å²) < 4.78 is 40.0. The van der Waals surface area contributed by atoms with Crippen LogP contribution in [0, 0.1) is 5.82 Å². The van der Waals surface area contributed by atoms with Crippen LogP contribution in [-0.2, 0) is 10.0 Å². The number of halogens is 2. The van der Waals surface area contributed by atoms with Gasteiger partial charge in [0.05, 0.1) is 5.02 Å². The molecule has 0 amide bonds. The van der Waals surface area contributed by atoms with Gasteiger partial charge in [-0.15, -0.1) is 0 Å². The second-order valence-corrected chi connectivity index (χ2v) is 6.64. The third kappa shape index (κ3) is 3.79. The molecule has 0 radical (unpaired) electrons. The van der Waals surface area contributed by atoms with Crippen molar-refractivity contribution in [2.24, 2.45) is 0 Å². The molecule has 20 heavy (non-hydrogen) atoms. The van der Waals surface area contributed by atoms with Crippen LogP contribution in [0.4, 0.5) is 4.39 Å². The van der Waals surface area contributed by atoms with Crippen LogP contribution in [0.3, 0.4) is 0 Å². The van der Waals surface area contributed by atoms with E-state index in [2.05, 4.69) is 21.8 Å². The van der Waals surface area contributed by atoms with E-state index in [1.165, 1.54) is 12.1 Å². The van der Waals surface area contributed by atoms with Gasteiger partial charge in [0, 0.05) is 26.2 Å². The maximum atomic E-state index is 13.6. The smallest absolute Gasteiger partial charge is 0.244 e. The Hall–Kier alpha value is -0.950. The van der Waals surface area contributed by atoms with Gasteiger partial charge in [-0.2, -0.15) is 0 Å². The summed E-state index contributed by atoms with van der Waals surface area (Å²) in [4.78, 5) is 1.70. The summed E-state index contributed by atoms with van der Waals surface area (Å²) in [6.07, 6.45) is 4.81. The first kappa shape index (κ1) is 15.4. The predicted molar refractivity (Wildman–Crippen MR) is 76.8 cm³/mol. The van der Waals surface area contributed by atoms with E-state index < -0.39 is 20.7 Å². The zero-order chi connectivity index (χ0) is 14.6. The Morgan fingerprint density at radius 2 is 2.00 bits per heavy atom. The second-order valence-electron chi connectivity index (χ2n) is 4.53. The van der Waals surface area contributed by atoms with Crippen molar-refractivity contribution in [2.75, 3.05) is 26.2 Å². The van der Waals surface area contributed by atoms with E-state index in [1.54, 1.807) is 0 Å². The van der Waals surface area contributed by atoms with Crippen LogP contribution in [-0.4, -0.2) is 39.5 Å². The summed E-state index contributed by atoms with van der Waals surface area (Å²) in [6, 6.07) is 3.81.